The van der Waals surface area contributed by atoms with Gasteiger partial charge < -0.3 is 14.5 Å². The van der Waals surface area contributed by atoms with Crippen molar-refractivity contribution < 1.29 is 19.2 Å². The summed E-state index contributed by atoms with van der Waals surface area (Å²) in [6.45, 7) is 0. The molecule has 3 heterocycles. The number of ketones is 1. The molecule has 2 aliphatic rings. The number of rotatable bonds is 5. The lowest BCUT2D eigenvalue weighted by Gasteiger charge is -2.26. The summed E-state index contributed by atoms with van der Waals surface area (Å²) in [4.78, 5) is 27.5. The Morgan fingerprint density at radius 3 is 3.07 bits per heavy atom. The second-order valence-electron chi connectivity index (χ2n) is 6.45. The highest BCUT2D eigenvalue weighted by molar-refractivity contribution is 8.01. The Bertz CT molecular complexity index is 851. The summed E-state index contributed by atoms with van der Waals surface area (Å²) in [6.07, 6.45) is 1.53. The smallest absolute Gasteiger partial charge is 0.242 e. The van der Waals surface area contributed by atoms with E-state index < -0.39 is 11.3 Å². The molecule has 27 heavy (non-hydrogen) atoms. The van der Waals surface area contributed by atoms with Crippen LogP contribution in [0.4, 0.5) is 0 Å². The van der Waals surface area contributed by atoms with E-state index in [-0.39, 0.29) is 24.2 Å². The number of oxime groups is 1. The van der Waals surface area contributed by atoms with Gasteiger partial charge in [0.05, 0.1) is 29.8 Å². The Morgan fingerprint density at radius 1 is 1.41 bits per heavy atom. The zero-order valence-corrected chi connectivity index (χ0v) is 16.0. The fraction of sp³-hybridized carbons (Fsp3) is 0.389. The quantitative estimate of drug-likeness (QED) is 0.446. The van der Waals surface area contributed by atoms with E-state index in [1.165, 1.54) is 18.0 Å². The molecule has 2 aromatic rings. The normalized spacial score (nSPS) is 25.6. The van der Waals surface area contributed by atoms with E-state index in [0.29, 0.717) is 23.3 Å². The molecule has 0 spiro atoms. The number of benzene rings is 1. The molecule has 1 unspecified atom stereocenters. The van der Waals surface area contributed by atoms with E-state index >= 15 is 0 Å². The van der Waals surface area contributed by atoms with E-state index in [4.69, 9.17) is 9.62 Å². The molecule has 1 aromatic heterocycles. The van der Waals surface area contributed by atoms with Crippen LogP contribution in [0, 0.1) is 0 Å². The number of Topliss-reactive ketones (excluding diaryl/α,β-unsaturated/α-hetero) is 1. The molecule has 2 N–H and O–H groups in total. The third-order valence-corrected chi connectivity index (χ3v) is 6.98. The number of carbonyl (C=O) groups excluding carboxylic acids is 2. The third kappa shape index (κ3) is 3.71. The van der Waals surface area contributed by atoms with Crippen LogP contribution in [0.1, 0.15) is 5.76 Å². The van der Waals surface area contributed by atoms with Gasteiger partial charge in [-0.1, -0.05) is 23.4 Å². The van der Waals surface area contributed by atoms with Crippen LogP contribution in [0.3, 0.4) is 0 Å². The van der Waals surface area contributed by atoms with Crippen molar-refractivity contribution in [1.29, 1.82) is 0 Å². The first-order valence-electron chi connectivity index (χ1n) is 8.58. The van der Waals surface area contributed by atoms with Crippen molar-refractivity contribution in [2.75, 3.05) is 17.5 Å². The first-order chi connectivity index (χ1) is 13.2. The number of para-hydroxylation sites is 1. The van der Waals surface area contributed by atoms with Gasteiger partial charge in [-0.2, -0.15) is 0 Å². The molecule has 0 radical (unpaired) electrons. The maximum Gasteiger partial charge on any atom is 0.242 e. The van der Waals surface area contributed by atoms with Crippen LogP contribution in [0.5, 0.6) is 0 Å². The number of thioether (sulfide) groups is 2. The van der Waals surface area contributed by atoms with E-state index in [1.54, 1.807) is 16.7 Å². The summed E-state index contributed by atoms with van der Waals surface area (Å²) in [5.74, 6) is 2.23. The zero-order valence-electron chi connectivity index (χ0n) is 14.4. The monoisotopic (exact) mass is 405 g/mol. The van der Waals surface area contributed by atoms with Gasteiger partial charge in [0.25, 0.3) is 0 Å². The number of hydrogen-bond donors (Lipinski definition) is 2. The molecule has 2 saturated heterocycles. The molecule has 1 amide bonds. The summed E-state index contributed by atoms with van der Waals surface area (Å²) in [5.41, 5.74) is 0.755. The van der Waals surface area contributed by atoms with Gasteiger partial charge in [-0.05, 0) is 12.1 Å². The van der Waals surface area contributed by atoms with Crippen LogP contribution < -0.4 is 5.32 Å². The van der Waals surface area contributed by atoms with E-state index in [1.807, 2.05) is 30.3 Å². The predicted molar refractivity (Wildman–Crippen MR) is 106 cm³/mol. The molecule has 2 aliphatic heterocycles. The van der Waals surface area contributed by atoms with Crippen molar-refractivity contribution in [3.8, 4) is 0 Å². The fourth-order valence-electron chi connectivity index (χ4n) is 3.39. The van der Waals surface area contributed by atoms with E-state index in [9.17, 15) is 9.59 Å². The summed E-state index contributed by atoms with van der Waals surface area (Å²) in [7, 11) is 0. The fourth-order valence-corrected chi connectivity index (χ4v) is 5.64. The lowest BCUT2D eigenvalue weighted by atomic mass is 10.0. The average Bonchev–Trinajstić information content (AvgIpc) is 3.40. The summed E-state index contributed by atoms with van der Waals surface area (Å²) >= 11 is 3.05. The van der Waals surface area contributed by atoms with Crippen LogP contribution in [-0.2, 0) is 16.0 Å². The number of fused-ring (bicyclic) bond motifs is 1. The van der Waals surface area contributed by atoms with Crippen molar-refractivity contribution in [3.63, 3.8) is 0 Å². The van der Waals surface area contributed by atoms with Crippen LogP contribution in [0.2, 0.25) is 0 Å². The lowest BCUT2D eigenvalue weighted by molar-refractivity contribution is -0.134. The highest BCUT2D eigenvalue weighted by Crippen LogP contribution is 2.29. The number of amides is 1. The molecular formula is C18H19N3O4S2. The standard InChI is InChI=1S/C18H19N3O4S2/c22-14(6-13-5-11-3-1-2-4-15(11)25-13)17-16(19-9-27-17)18(23)21-10-26-8-12(21)7-20-24/h1-5,7,12,16-17,19,24H,6,8-10H2/t12-,16+,17?/m1/s1. The van der Waals surface area contributed by atoms with Crippen LogP contribution in [0.25, 0.3) is 11.0 Å². The van der Waals surface area contributed by atoms with E-state index in [0.717, 1.165) is 11.0 Å². The van der Waals surface area contributed by atoms with Crippen LogP contribution >= 0.6 is 23.5 Å². The maximum absolute atomic E-state index is 13.0. The molecule has 0 saturated carbocycles. The first kappa shape index (κ1) is 18.4. The van der Waals surface area contributed by atoms with Crippen LogP contribution in [-0.4, -0.2) is 62.9 Å². The molecule has 7 nitrogen and oxygen atoms in total. The Hall–Kier alpha value is -1.97. The molecule has 9 heteroatoms. The Kier molecular flexibility index (Phi) is 5.42. The maximum atomic E-state index is 13.0. The first-order valence-corrected chi connectivity index (χ1v) is 10.8. The SMILES string of the molecule is O=C(Cc1cc2ccccc2o1)C1SCN[C@@H]1C(=O)N1CSC[C@H]1C=NO. The number of furan rings is 1. The third-order valence-electron chi connectivity index (χ3n) is 4.72. The minimum atomic E-state index is -0.569. The minimum Gasteiger partial charge on any atom is -0.461 e. The Balaban J connectivity index is 1.47. The van der Waals surface area contributed by atoms with Gasteiger partial charge in [-0.15, -0.1) is 23.5 Å². The summed E-state index contributed by atoms with van der Waals surface area (Å²) in [6, 6.07) is 8.69. The van der Waals surface area contributed by atoms with Crippen molar-refractivity contribution in [2.45, 2.75) is 23.8 Å². The van der Waals surface area contributed by atoms with Gasteiger partial charge in [0.1, 0.15) is 17.4 Å². The minimum absolute atomic E-state index is 0.0263. The summed E-state index contributed by atoms with van der Waals surface area (Å²) in [5, 5.41) is 15.5. The van der Waals surface area contributed by atoms with Gasteiger partial charge in [-0.25, -0.2) is 0 Å². The second kappa shape index (κ2) is 7.95. The van der Waals surface area contributed by atoms with Crippen molar-refractivity contribution >= 4 is 52.4 Å². The average molecular weight is 406 g/mol. The second-order valence-corrected chi connectivity index (χ2v) is 8.58. The number of nitrogens with zero attached hydrogens (tertiary/aromatic N) is 2. The van der Waals surface area contributed by atoms with Gasteiger partial charge in [0, 0.05) is 17.0 Å². The molecule has 2 fully saturated rings. The van der Waals surface area contributed by atoms with Gasteiger partial charge in [-0.3, -0.25) is 14.9 Å². The molecule has 0 bridgehead atoms. The van der Waals surface area contributed by atoms with Gasteiger partial charge in [0.2, 0.25) is 5.91 Å². The van der Waals surface area contributed by atoms with Crippen LogP contribution in [0.15, 0.2) is 39.9 Å². The number of carbonyl (C=O) groups is 2. The Labute approximate surface area is 164 Å². The highest BCUT2D eigenvalue weighted by Gasteiger charge is 2.42. The topological polar surface area (TPSA) is 95.1 Å². The van der Waals surface area contributed by atoms with Crippen molar-refractivity contribution in [3.05, 3.63) is 36.1 Å². The zero-order chi connectivity index (χ0) is 18.8. The summed E-state index contributed by atoms with van der Waals surface area (Å²) < 4.78 is 5.75. The molecule has 0 aliphatic carbocycles. The predicted octanol–water partition coefficient (Wildman–Crippen LogP) is 1.94. The molecule has 4 rings (SSSR count). The van der Waals surface area contributed by atoms with Crippen molar-refractivity contribution in [1.82, 2.24) is 10.2 Å². The highest BCUT2D eigenvalue weighted by atomic mass is 32.2. The Morgan fingerprint density at radius 2 is 2.26 bits per heavy atom. The number of hydrogen-bond acceptors (Lipinski definition) is 8. The number of nitrogens with one attached hydrogen (secondary N) is 1. The molecular weight excluding hydrogens is 386 g/mol. The van der Waals surface area contributed by atoms with E-state index in [2.05, 4.69) is 10.5 Å². The van der Waals surface area contributed by atoms with Crippen molar-refractivity contribution in [2.24, 2.45) is 5.16 Å². The molecule has 3 atom stereocenters. The van der Waals surface area contributed by atoms with Gasteiger partial charge in [0.15, 0.2) is 5.78 Å². The largest absolute Gasteiger partial charge is 0.461 e. The molecule has 142 valence electrons. The lowest BCUT2D eigenvalue weighted by Crippen LogP contribution is -2.52. The van der Waals surface area contributed by atoms with Gasteiger partial charge >= 0.3 is 0 Å². The molecule has 1 aromatic carbocycles.